The van der Waals surface area contributed by atoms with E-state index in [0.29, 0.717) is 5.56 Å². The molecule has 1 aliphatic heterocycles. The normalized spacial score (nSPS) is 14.4. The van der Waals surface area contributed by atoms with Crippen molar-refractivity contribution in [1.82, 2.24) is 9.47 Å². The average Bonchev–Trinajstić information content (AvgIpc) is 3.12. The number of para-hydroxylation sites is 1. The van der Waals surface area contributed by atoms with Gasteiger partial charge >= 0.3 is 0 Å². The van der Waals surface area contributed by atoms with Crippen LogP contribution in [0.3, 0.4) is 0 Å². The molecule has 1 amide bonds. The molecule has 0 saturated carbocycles. The van der Waals surface area contributed by atoms with Crippen LogP contribution in [0.5, 0.6) is 11.5 Å². The van der Waals surface area contributed by atoms with E-state index in [2.05, 4.69) is 16.4 Å². The van der Waals surface area contributed by atoms with Gasteiger partial charge in [-0.15, -0.1) is 0 Å². The van der Waals surface area contributed by atoms with E-state index in [9.17, 15) is 4.79 Å². The number of nitrogens with zero attached hydrogens (tertiary/aromatic N) is 2. The lowest BCUT2D eigenvalue weighted by Crippen LogP contribution is -2.37. The molecule has 0 radical (unpaired) electrons. The quantitative estimate of drug-likeness (QED) is 0.519. The third-order valence-corrected chi connectivity index (χ3v) is 6.27. The van der Waals surface area contributed by atoms with Gasteiger partial charge in [0.15, 0.2) is 0 Å². The number of morpholine rings is 1. The molecule has 6 nitrogen and oxygen atoms in total. The summed E-state index contributed by atoms with van der Waals surface area (Å²) in [5.74, 6) is 1.12. The number of amides is 1. The van der Waals surface area contributed by atoms with Crippen LogP contribution in [0.2, 0.25) is 0 Å². The summed E-state index contributed by atoms with van der Waals surface area (Å²) in [6, 6.07) is 17.6. The number of hydrogen-bond acceptors (Lipinski definition) is 4. The highest BCUT2D eigenvalue weighted by atomic mass is 16.5. The summed E-state index contributed by atoms with van der Waals surface area (Å²) in [6.07, 6.45) is 1.82. The van der Waals surface area contributed by atoms with Crippen molar-refractivity contribution in [2.75, 3.05) is 32.8 Å². The molecule has 1 aliphatic rings. The maximum absolute atomic E-state index is 12.5. The maximum Gasteiger partial charge on any atom is 0.251 e. The van der Waals surface area contributed by atoms with Gasteiger partial charge in [0.2, 0.25) is 0 Å². The Morgan fingerprint density at radius 2 is 1.76 bits per heavy atom. The third kappa shape index (κ3) is 5.29. The first-order chi connectivity index (χ1) is 16.1. The first-order valence-electron chi connectivity index (χ1n) is 11.7. The Morgan fingerprint density at radius 1 is 1.03 bits per heavy atom. The van der Waals surface area contributed by atoms with Crippen molar-refractivity contribution in [3.8, 4) is 22.6 Å². The number of carbonyl (C=O) groups is 1. The Morgan fingerprint density at radius 3 is 2.45 bits per heavy atom. The predicted octanol–water partition coefficient (Wildman–Crippen LogP) is 4.64. The minimum atomic E-state index is -0.390. The predicted molar refractivity (Wildman–Crippen MR) is 131 cm³/mol. The summed E-state index contributed by atoms with van der Waals surface area (Å²) in [5.41, 5.74) is 10.4. The number of rotatable bonds is 9. The number of ether oxygens (including phenoxy) is 2. The summed E-state index contributed by atoms with van der Waals surface area (Å²) in [4.78, 5) is 15.0. The lowest BCUT2D eigenvalue weighted by atomic mass is 9.98. The number of aromatic nitrogens is 1. The molecular formula is C27H33N3O3. The SMILES string of the molecule is CCc1c(-c2cccc(Oc3ccccc3)c2)c(C(N)=O)c(C)n1CCCN1CCOCC1. The molecule has 0 bridgehead atoms. The molecule has 2 N–H and O–H groups in total. The summed E-state index contributed by atoms with van der Waals surface area (Å²) in [6.45, 7) is 9.58. The Balaban J connectivity index is 1.64. The highest BCUT2D eigenvalue weighted by Gasteiger charge is 2.24. The summed E-state index contributed by atoms with van der Waals surface area (Å²) in [5, 5.41) is 0. The van der Waals surface area contributed by atoms with Crippen LogP contribution in [0.25, 0.3) is 11.1 Å². The van der Waals surface area contributed by atoms with Crippen LogP contribution in [0.1, 0.15) is 35.1 Å². The molecule has 0 aliphatic carbocycles. The van der Waals surface area contributed by atoms with E-state index in [0.717, 1.165) is 86.2 Å². The molecule has 2 heterocycles. The van der Waals surface area contributed by atoms with Crippen LogP contribution >= 0.6 is 0 Å². The Kier molecular flexibility index (Phi) is 7.47. The second kappa shape index (κ2) is 10.7. The highest BCUT2D eigenvalue weighted by Crippen LogP contribution is 2.35. The van der Waals surface area contributed by atoms with Crippen molar-refractivity contribution >= 4 is 5.91 Å². The Hall–Kier alpha value is -3.09. The van der Waals surface area contributed by atoms with Gasteiger partial charge in [-0.3, -0.25) is 9.69 Å². The zero-order chi connectivity index (χ0) is 23.2. The van der Waals surface area contributed by atoms with Gasteiger partial charge in [-0.2, -0.15) is 0 Å². The van der Waals surface area contributed by atoms with Crippen molar-refractivity contribution in [2.24, 2.45) is 5.73 Å². The van der Waals surface area contributed by atoms with Gasteiger partial charge in [0.25, 0.3) is 5.91 Å². The van der Waals surface area contributed by atoms with E-state index in [-0.39, 0.29) is 0 Å². The van der Waals surface area contributed by atoms with Crippen LogP contribution in [0.4, 0.5) is 0 Å². The van der Waals surface area contributed by atoms with Crippen LogP contribution in [0.15, 0.2) is 54.6 Å². The topological polar surface area (TPSA) is 69.7 Å². The fraction of sp³-hybridized carbons (Fsp3) is 0.370. The second-order valence-corrected chi connectivity index (χ2v) is 8.40. The molecule has 1 aromatic heterocycles. The Bertz CT molecular complexity index is 1090. The average molecular weight is 448 g/mol. The molecule has 1 fully saturated rings. The van der Waals surface area contributed by atoms with Gasteiger partial charge in [0.1, 0.15) is 11.5 Å². The fourth-order valence-corrected chi connectivity index (χ4v) is 4.70. The minimum Gasteiger partial charge on any atom is -0.457 e. The van der Waals surface area contributed by atoms with E-state index in [4.69, 9.17) is 15.2 Å². The minimum absolute atomic E-state index is 0.390. The largest absolute Gasteiger partial charge is 0.457 e. The molecule has 2 aromatic carbocycles. The monoisotopic (exact) mass is 447 g/mol. The fourth-order valence-electron chi connectivity index (χ4n) is 4.70. The van der Waals surface area contributed by atoms with Crippen LogP contribution < -0.4 is 10.5 Å². The van der Waals surface area contributed by atoms with Gasteiger partial charge < -0.3 is 19.8 Å². The summed E-state index contributed by atoms with van der Waals surface area (Å²) >= 11 is 0. The van der Waals surface area contributed by atoms with E-state index in [1.807, 2.05) is 61.5 Å². The molecule has 3 aromatic rings. The number of benzene rings is 2. The second-order valence-electron chi connectivity index (χ2n) is 8.40. The molecule has 4 rings (SSSR count). The van der Waals surface area contributed by atoms with Crippen molar-refractivity contribution in [2.45, 2.75) is 33.2 Å². The van der Waals surface area contributed by atoms with Gasteiger partial charge in [-0.1, -0.05) is 37.3 Å². The van der Waals surface area contributed by atoms with Crippen LogP contribution in [-0.4, -0.2) is 48.2 Å². The first-order valence-corrected chi connectivity index (χ1v) is 11.7. The van der Waals surface area contributed by atoms with E-state index >= 15 is 0 Å². The van der Waals surface area contributed by atoms with Gasteiger partial charge in [-0.05, 0) is 49.6 Å². The number of primary amides is 1. The molecule has 6 heteroatoms. The lowest BCUT2D eigenvalue weighted by Gasteiger charge is -2.26. The third-order valence-electron chi connectivity index (χ3n) is 6.27. The van der Waals surface area contributed by atoms with Crippen molar-refractivity contribution in [1.29, 1.82) is 0 Å². The molecule has 1 saturated heterocycles. The standard InChI is InChI=1S/C27H33N3O3/c1-3-24-26(21-9-7-12-23(19-21)33-22-10-5-4-6-11-22)25(27(28)31)20(2)30(24)14-8-13-29-15-17-32-18-16-29/h4-7,9-12,19H,3,8,13-18H2,1-2H3,(H2,28,31). The smallest absolute Gasteiger partial charge is 0.251 e. The Labute approximate surface area is 195 Å². The zero-order valence-electron chi connectivity index (χ0n) is 19.5. The lowest BCUT2D eigenvalue weighted by molar-refractivity contribution is 0.0369. The molecule has 0 unspecified atom stereocenters. The number of nitrogens with two attached hydrogens (primary N) is 1. The molecule has 33 heavy (non-hydrogen) atoms. The molecule has 0 spiro atoms. The highest BCUT2D eigenvalue weighted by molar-refractivity contribution is 6.02. The van der Waals surface area contributed by atoms with E-state index in [1.54, 1.807) is 0 Å². The van der Waals surface area contributed by atoms with E-state index in [1.165, 1.54) is 0 Å². The van der Waals surface area contributed by atoms with Crippen LogP contribution in [-0.2, 0) is 17.7 Å². The van der Waals surface area contributed by atoms with Crippen molar-refractivity contribution in [3.63, 3.8) is 0 Å². The van der Waals surface area contributed by atoms with Gasteiger partial charge in [0.05, 0.1) is 18.8 Å². The maximum atomic E-state index is 12.5. The number of carbonyl (C=O) groups excluding carboxylic acids is 1. The molecule has 0 atom stereocenters. The molecule has 174 valence electrons. The van der Waals surface area contributed by atoms with Gasteiger partial charge in [-0.25, -0.2) is 0 Å². The molecular weight excluding hydrogens is 414 g/mol. The summed E-state index contributed by atoms with van der Waals surface area (Å²) < 4.78 is 13.8. The van der Waals surface area contributed by atoms with E-state index < -0.39 is 5.91 Å². The first kappa shape index (κ1) is 23.1. The summed E-state index contributed by atoms with van der Waals surface area (Å²) in [7, 11) is 0. The van der Waals surface area contributed by atoms with Crippen LogP contribution in [0, 0.1) is 6.92 Å². The van der Waals surface area contributed by atoms with Crippen molar-refractivity contribution in [3.05, 3.63) is 71.5 Å². The van der Waals surface area contributed by atoms with Gasteiger partial charge in [0, 0.05) is 43.1 Å². The zero-order valence-corrected chi connectivity index (χ0v) is 19.5. The number of hydrogen-bond donors (Lipinski definition) is 1. The van der Waals surface area contributed by atoms with Crippen molar-refractivity contribution < 1.29 is 14.3 Å².